The molecule has 0 bridgehead atoms. The summed E-state index contributed by atoms with van der Waals surface area (Å²) < 4.78 is 13.5. The predicted molar refractivity (Wildman–Crippen MR) is 190 cm³/mol. The van der Waals surface area contributed by atoms with Gasteiger partial charge in [-0.2, -0.15) is 0 Å². The minimum atomic E-state index is -1.19. The number of Topliss-reactive ketones (excluding diaryl/α,β-unsaturated/α-hetero) is 1. The van der Waals surface area contributed by atoms with Gasteiger partial charge in [0, 0.05) is 12.3 Å². The van der Waals surface area contributed by atoms with Gasteiger partial charge in [-0.05, 0) is 42.3 Å². The number of epoxide rings is 1. The number of ether oxygens (including phenoxy) is 2. The summed E-state index contributed by atoms with van der Waals surface area (Å²) in [6, 6.07) is 0. The Morgan fingerprint density at radius 3 is 1.85 bits per heavy atom. The summed E-state index contributed by atoms with van der Waals surface area (Å²) in [5, 5.41) is 21.4. The first-order valence-electron chi connectivity index (χ1n) is 10.9. The van der Waals surface area contributed by atoms with Gasteiger partial charge in [-0.15, -0.1) is 0 Å². The number of ketones is 1. The van der Waals surface area contributed by atoms with E-state index in [-0.39, 0.29) is 104 Å². The van der Waals surface area contributed by atoms with Gasteiger partial charge in [0.15, 0.2) is 0 Å². The van der Waals surface area contributed by atoms with Crippen LogP contribution in [-0.2, 0) is 19.1 Å². The highest BCUT2D eigenvalue weighted by Gasteiger charge is 2.53. The van der Waals surface area contributed by atoms with Crippen molar-refractivity contribution < 1.29 is 29.3 Å². The third-order valence-corrected chi connectivity index (χ3v) is 8.07. The molecule has 40 heavy (non-hydrogen) atoms. The van der Waals surface area contributed by atoms with E-state index < -0.39 is 35.6 Å². The van der Waals surface area contributed by atoms with Crippen LogP contribution in [0.1, 0.15) is 148 Å². The third-order valence-electron chi connectivity index (χ3n) is 7.09. The fourth-order valence-corrected chi connectivity index (χ4v) is 4.77. The number of cyclic esters (lactones) is 1. The third kappa shape index (κ3) is 15.1. The smallest absolute Gasteiger partial charge is 0.309 e. The van der Waals surface area contributed by atoms with Crippen molar-refractivity contribution in [3.8, 4) is 0 Å². The number of halogens is 1. The molecule has 2 aliphatic rings. The maximum atomic E-state index is 13.1. The van der Waals surface area contributed by atoms with E-state index in [2.05, 4.69) is 29.5 Å². The van der Waals surface area contributed by atoms with Gasteiger partial charge in [-0.25, -0.2) is 0 Å². The van der Waals surface area contributed by atoms with Crippen molar-refractivity contribution in [1.29, 1.82) is 0 Å². The number of carbonyl (C=O) groups excluding carboxylic acids is 2. The first-order chi connectivity index (χ1) is 13.8. The lowest BCUT2D eigenvalue weighted by molar-refractivity contribution is -0.154. The van der Waals surface area contributed by atoms with E-state index in [1.807, 2.05) is 17.9 Å². The molecule has 0 aliphatic carbocycles. The van der Waals surface area contributed by atoms with Crippen molar-refractivity contribution in [2.45, 2.75) is 178 Å². The van der Waals surface area contributed by atoms with Crippen LogP contribution in [0.25, 0.3) is 0 Å². The lowest BCUT2D eigenvalue weighted by atomic mass is 9.73. The van der Waals surface area contributed by atoms with Crippen LogP contribution in [0, 0.1) is 17.3 Å². The molecule has 2 N–H and O–H groups in total. The second kappa shape index (κ2) is 25.0. The topological polar surface area (TPSA) is 96.4 Å². The minimum absolute atomic E-state index is 0. The van der Waals surface area contributed by atoms with E-state index in [4.69, 9.17) is 9.47 Å². The van der Waals surface area contributed by atoms with Crippen LogP contribution in [-0.4, -0.2) is 52.0 Å². The molecule has 0 spiro atoms. The van der Waals surface area contributed by atoms with Crippen molar-refractivity contribution in [2.75, 3.05) is 0 Å². The largest absolute Gasteiger partial charge is 0.458 e. The van der Waals surface area contributed by atoms with Gasteiger partial charge in [0.05, 0.1) is 35.7 Å². The fraction of sp³-hybridized carbons (Fsp3) is 0.879. The molecule has 0 saturated carbocycles. The first-order valence-corrected chi connectivity index (χ1v) is 12.1. The van der Waals surface area contributed by atoms with E-state index in [1.165, 1.54) is 0 Å². The zero-order valence-corrected chi connectivity index (χ0v) is 21.1. The molecule has 6 nitrogen and oxygen atoms in total. The molecule has 0 amide bonds. The SMILES string of the molecule is C.C.C.C.C.C.C.C.C.C.C/C(=C\I)[C@@H]1C[C@@H]2O[C@]2(C)CCC[C@H](C)[C@H](O)[C@@H](C)C(=O)C(C)(C)[C@@H](O)CC(=O)O1. The van der Waals surface area contributed by atoms with Crippen molar-refractivity contribution >= 4 is 34.3 Å². The lowest BCUT2D eigenvalue weighted by Crippen LogP contribution is -2.45. The van der Waals surface area contributed by atoms with Crippen LogP contribution in [0.4, 0.5) is 0 Å². The monoisotopic (exact) mass is 696 g/mol. The molecule has 7 heteroatoms. The molecule has 2 fully saturated rings. The highest BCUT2D eigenvalue weighted by molar-refractivity contribution is 14.1. The van der Waals surface area contributed by atoms with Crippen LogP contribution in [0.3, 0.4) is 0 Å². The molecule has 0 aromatic heterocycles. The Labute approximate surface area is 267 Å². The normalized spacial score (nSPS) is 31.3. The Morgan fingerprint density at radius 1 is 0.925 bits per heavy atom. The molecular formula is C33H77IO6. The molecule has 2 saturated heterocycles. The maximum Gasteiger partial charge on any atom is 0.309 e. The van der Waals surface area contributed by atoms with Crippen LogP contribution in [0.15, 0.2) is 9.66 Å². The molecule has 0 aromatic rings. The number of hydrogen-bond acceptors (Lipinski definition) is 6. The van der Waals surface area contributed by atoms with Gasteiger partial charge >= 0.3 is 5.97 Å². The number of aliphatic hydroxyl groups is 2. The van der Waals surface area contributed by atoms with Gasteiger partial charge in [0.1, 0.15) is 11.9 Å². The average Bonchev–Trinajstić information content (AvgIpc) is 3.32. The number of fused-ring (bicyclic) bond motifs is 1. The van der Waals surface area contributed by atoms with Crippen LogP contribution in [0.5, 0.6) is 0 Å². The molecular weight excluding hydrogens is 619 g/mol. The zero-order valence-electron chi connectivity index (χ0n) is 19.0. The second-order valence-corrected chi connectivity index (χ2v) is 10.6. The Morgan fingerprint density at radius 2 is 1.40 bits per heavy atom. The summed E-state index contributed by atoms with van der Waals surface area (Å²) in [4.78, 5) is 25.7. The Hall–Kier alpha value is -0.510. The molecule has 2 heterocycles. The van der Waals surface area contributed by atoms with Crippen molar-refractivity contribution in [3.63, 3.8) is 0 Å². The molecule has 252 valence electrons. The Bertz CT molecular complexity index is 678. The van der Waals surface area contributed by atoms with Crippen LogP contribution < -0.4 is 0 Å². The minimum Gasteiger partial charge on any atom is -0.458 e. The van der Waals surface area contributed by atoms with E-state index in [0.29, 0.717) is 6.42 Å². The number of esters is 1. The summed E-state index contributed by atoms with van der Waals surface area (Å²) >= 11 is 2.13. The number of carbonyl (C=O) groups is 2. The van der Waals surface area contributed by atoms with E-state index >= 15 is 0 Å². The van der Waals surface area contributed by atoms with Crippen LogP contribution >= 0.6 is 22.6 Å². The van der Waals surface area contributed by atoms with Gasteiger partial charge in [0.25, 0.3) is 0 Å². The van der Waals surface area contributed by atoms with Crippen molar-refractivity contribution in [1.82, 2.24) is 0 Å². The average molecular weight is 697 g/mol. The number of aliphatic hydroxyl groups excluding tert-OH is 2. The summed E-state index contributed by atoms with van der Waals surface area (Å²) in [7, 11) is 0. The number of hydrogen-bond donors (Lipinski definition) is 2. The van der Waals surface area contributed by atoms with Gasteiger partial charge in [-0.3, -0.25) is 9.59 Å². The predicted octanol–water partition coefficient (Wildman–Crippen LogP) is 10.3. The fourth-order valence-electron chi connectivity index (χ4n) is 4.36. The molecule has 0 radical (unpaired) electrons. The molecule has 2 rings (SSSR count). The van der Waals surface area contributed by atoms with E-state index in [1.54, 1.807) is 20.8 Å². The lowest BCUT2D eigenvalue weighted by Gasteiger charge is -2.34. The van der Waals surface area contributed by atoms with Crippen molar-refractivity contribution in [2.24, 2.45) is 17.3 Å². The molecule has 2 aliphatic heterocycles. The number of rotatable bonds is 1. The van der Waals surface area contributed by atoms with Gasteiger partial charge in [-0.1, -0.05) is 131 Å². The van der Waals surface area contributed by atoms with E-state index in [0.717, 1.165) is 24.8 Å². The quantitative estimate of drug-likeness (QED) is 0.161. The maximum absolute atomic E-state index is 13.1. The first kappa shape index (κ1) is 62.9. The van der Waals surface area contributed by atoms with Crippen molar-refractivity contribution in [3.05, 3.63) is 9.66 Å². The summed E-state index contributed by atoms with van der Waals surface area (Å²) in [6.45, 7) is 10.9. The second-order valence-electron chi connectivity index (χ2n) is 9.94. The highest BCUT2D eigenvalue weighted by Crippen LogP contribution is 2.45. The molecule has 7 atom stereocenters. The van der Waals surface area contributed by atoms with Gasteiger partial charge in [0.2, 0.25) is 0 Å². The summed E-state index contributed by atoms with van der Waals surface area (Å²) in [5.74, 6) is -1.47. The van der Waals surface area contributed by atoms with Crippen LogP contribution in [0.2, 0.25) is 0 Å². The highest BCUT2D eigenvalue weighted by atomic mass is 127. The van der Waals surface area contributed by atoms with E-state index in [9.17, 15) is 19.8 Å². The zero-order chi connectivity index (χ0) is 22.9. The Kier molecular flexibility index (Phi) is 39.4. The van der Waals surface area contributed by atoms with Gasteiger partial charge < -0.3 is 19.7 Å². The summed E-state index contributed by atoms with van der Waals surface area (Å²) in [5.41, 5.74) is -0.489. The Balaban J connectivity index is -0.000000137. The summed E-state index contributed by atoms with van der Waals surface area (Å²) in [6.07, 6.45) is 0.427. The molecule has 0 aromatic carbocycles. The standard InChI is InChI=1S/C23H37IO6.10CH4/c1-13-8-7-9-23(6)18(30-23)10-16(14(2)12-24)29-19(26)11-17(25)22(4,5)21(28)15(3)20(13)27;;;;;;;;;;/h12-13,15-18,20,25,27H,7-11H2,1-6H3;10*1H4/b14-12+;;;;;;;;;;/t13-,15+,16-,17-,18-,20-,23+;;;;;;;;;;/m0........../s1. The molecule has 0 unspecified atom stereocenters.